The second kappa shape index (κ2) is 10.5. The maximum absolute atomic E-state index is 13.9. The van der Waals surface area contributed by atoms with Gasteiger partial charge in [0, 0.05) is 18.2 Å². The summed E-state index contributed by atoms with van der Waals surface area (Å²) in [6.45, 7) is 0. The van der Waals surface area contributed by atoms with E-state index in [9.17, 15) is 18.0 Å². The highest BCUT2D eigenvalue weighted by molar-refractivity contribution is 7.89. The van der Waals surface area contributed by atoms with E-state index in [0.29, 0.717) is 37.1 Å². The van der Waals surface area contributed by atoms with Crippen LogP contribution in [0.4, 0.5) is 5.69 Å². The van der Waals surface area contributed by atoms with E-state index in [2.05, 4.69) is 10.0 Å². The minimum absolute atomic E-state index is 0.0860. The molecule has 1 saturated carbocycles. The van der Waals surface area contributed by atoms with Crippen molar-refractivity contribution in [3.05, 3.63) is 96.1 Å². The van der Waals surface area contributed by atoms with Gasteiger partial charge in [-0.15, -0.1) is 0 Å². The van der Waals surface area contributed by atoms with E-state index in [1.165, 1.54) is 17.0 Å². The van der Waals surface area contributed by atoms with Crippen LogP contribution >= 0.6 is 0 Å². The Labute approximate surface area is 222 Å². The first-order valence-corrected chi connectivity index (χ1v) is 14.2. The summed E-state index contributed by atoms with van der Waals surface area (Å²) >= 11 is 0. The number of fused-ring (bicyclic) bond motifs is 1. The Morgan fingerprint density at radius 2 is 1.50 bits per heavy atom. The van der Waals surface area contributed by atoms with E-state index in [4.69, 9.17) is 4.99 Å². The van der Waals surface area contributed by atoms with Crippen LogP contribution in [0, 0.1) is 0 Å². The number of nitrogens with zero attached hydrogens (tertiary/aromatic N) is 2. The van der Waals surface area contributed by atoms with Gasteiger partial charge in [0.1, 0.15) is 5.54 Å². The number of rotatable bonds is 6. The van der Waals surface area contributed by atoms with Crippen molar-refractivity contribution in [1.29, 1.82) is 0 Å². The van der Waals surface area contributed by atoms with Crippen LogP contribution in [0.25, 0.3) is 0 Å². The Hall–Kier alpha value is -3.82. The number of benzene rings is 3. The molecule has 0 saturated heterocycles. The molecule has 1 aliphatic heterocycles. The van der Waals surface area contributed by atoms with Crippen molar-refractivity contribution >= 4 is 33.2 Å². The van der Waals surface area contributed by atoms with Gasteiger partial charge in [0.2, 0.25) is 22.1 Å². The molecule has 2 N–H and O–H groups in total. The van der Waals surface area contributed by atoms with Crippen LogP contribution in [0.3, 0.4) is 0 Å². The highest BCUT2D eigenvalue weighted by Crippen LogP contribution is 2.32. The standard InChI is InChI=1S/C29H30N4O4S/c1-33-24-18-10-9-17-23(24)25(21-13-5-2-6-14-21)30-26(27(33)34)31-28(35)29(19-11-4-12-20-29)32-38(36,37)22-15-7-3-8-16-22/h2-3,5-10,13-18,26,32H,4,11-12,19-20H2,1H3,(H,31,35). The third-order valence-corrected chi connectivity index (χ3v) is 8.74. The van der Waals surface area contributed by atoms with Crippen LogP contribution in [0.5, 0.6) is 0 Å². The molecule has 0 aromatic heterocycles. The first-order valence-electron chi connectivity index (χ1n) is 12.7. The van der Waals surface area contributed by atoms with Crippen molar-refractivity contribution in [2.75, 3.05) is 11.9 Å². The van der Waals surface area contributed by atoms with Crippen LogP contribution in [0.15, 0.2) is 94.8 Å². The molecule has 1 fully saturated rings. The lowest BCUT2D eigenvalue weighted by Crippen LogP contribution is -2.62. The number of nitrogens with one attached hydrogen (secondary N) is 2. The third-order valence-electron chi connectivity index (χ3n) is 7.18. The molecule has 2 aliphatic rings. The monoisotopic (exact) mass is 530 g/mol. The number of amides is 2. The smallest absolute Gasteiger partial charge is 0.272 e. The minimum atomic E-state index is -3.98. The number of para-hydroxylation sites is 1. The van der Waals surface area contributed by atoms with Gasteiger partial charge in [0.15, 0.2) is 0 Å². The van der Waals surface area contributed by atoms with Crippen molar-refractivity contribution in [1.82, 2.24) is 10.0 Å². The van der Waals surface area contributed by atoms with Gasteiger partial charge in [0.05, 0.1) is 16.3 Å². The average Bonchev–Trinajstić information content (AvgIpc) is 3.05. The molecule has 196 valence electrons. The summed E-state index contributed by atoms with van der Waals surface area (Å²) in [6.07, 6.45) is 1.71. The minimum Gasteiger partial charge on any atom is -0.325 e. The van der Waals surface area contributed by atoms with E-state index in [-0.39, 0.29) is 4.90 Å². The SMILES string of the molecule is CN1C(=O)C(NC(=O)C2(NS(=O)(=O)c3ccccc3)CCCCC2)N=C(c2ccccc2)c2ccccc21. The number of carbonyl (C=O) groups is 2. The Kier molecular flexibility index (Phi) is 7.14. The molecule has 0 radical (unpaired) electrons. The Balaban J connectivity index is 1.52. The van der Waals surface area contributed by atoms with Crippen molar-refractivity contribution in [3.63, 3.8) is 0 Å². The lowest BCUT2D eigenvalue weighted by molar-refractivity contribution is -0.132. The summed E-state index contributed by atoms with van der Waals surface area (Å²) in [5.41, 5.74) is 1.44. The predicted octanol–water partition coefficient (Wildman–Crippen LogP) is 3.62. The van der Waals surface area contributed by atoms with E-state index >= 15 is 0 Å². The summed E-state index contributed by atoms with van der Waals surface area (Å²) in [6, 6.07) is 24.9. The molecule has 3 aromatic carbocycles. The van der Waals surface area contributed by atoms with Crippen LogP contribution in [-0.2, 0) is 19.6 Å². The van der Waals surface area contributed by atoms with Crippen molar-refractivity contribution in [2.24, 2.45) is 4.99 Å². The number of carbonyl (C=O) groups excluding carboxylic acids is 2. The molecule has 1 heterocycles. The van der Waals surface area contributed by atoms with Crippen molar-refractivity contribution in [3.8, 4) is 0 Å². The highest BCUT2D eigenvalue weighted by Gasteiger charge is 2.45. The molecule has 38 heavy (non-hydrogen) atoms. The summed E-state index contributed by atoms with van der Waals surface area (Å²) in [4.78, 5) is 33.8. The number of sulfonamides is 1. The molecule has 0 spiro atoms. The van der Waals surface area contributed by atoms with Gasteiger partial charge in [-0.05, 0) is 31.0 Å². The maximum Gasteiger partial charge on any atom is 0.272 e. The zero-order valence-corrected chi connectivity index (χ0v) is 21.9. The molecule has 2 amide bonds. The van der Waals surface area contributed by atoms with E-state index in [0.717, 1.165) is 17.5 Å². The highest BCUT2D eigenvalue weighted by atomic mass is 32.2. The zero-order chi connectivity index (χ0) is 26.8. The maximum atomic E-state index is 13.9. The number of benzodiazepines with no additional fused rings is 1. The van der Waals surface area contributed by atoms with E-state index < -0.39 is 33.5 Å². The van der Waals surface area contributed by atoms with Gasteiger partial charge < -0.3 is 10.2 Å². The number of anilines is 1. The van der Waals surface area contributed by atoms with Crippen molar-refractivity contribution < 1.29 is 18.0 Å². The van der Waals surface area contributed by atoms with Gasteiger partial charge in [-0.2, -0.15) is 4.72 Å². The van der Waals surface area contributed by atoms with Crippen LogP contribution in [0.2, 0.25) is 0 Å². The van der Waals surface area contributed by atoms with Crippen molar-refractivity contribution in [2.45, 2.75) is 48.7 Å². The number of likely N-dealkylation sites (N-methyl/N-ethyl adjacent to an activating group) is 1. The van der Waals surface area contributed by atoms with E-state index in [1.54, 1.807) is 25.2 Å². The summed E-state index contributed by atoms with van der Waals surface area (Å²) < 4.78 is 29.2. The Morgan fingerprint density at radius 1 is 0.895 bits per heavy atom. The predicted molar refractivity (Wildman–Crippen MR) is 146 cm³/mol. The Bertz CT molecular complexity index is 1470. The third kappa shape index (κ3) is 4.99. The van der Waals surface area contributed by atoms with Gasteiger partial charge in [-0.25, -0.2) is 13.4 Å². The number of aliphatic imine (C=N–C) groups is 1. The molecule has 8 nitrogen and oxygen atoms in total. The molecular formula is C29H30N4O4S. The van der Waals surface area contributed by atoms with Gasteiger partial charge >= 0.3 is 0 Å². The first-order chi connectivity index (χ1) is 18.3. The molecule has 0 bridgehead atoms. The molecule has 1 unspecified atom stereocenters. The van der Waals surface area contributed by atoms with Gasteiger partial charge in [0.25, 0.3) is 5.91 Å². The zero-order valence-electron chi connectivity index (χ0n) is 21.1. The van der Waals surface area contributed by atoms with E-state index in [1.807, 2.05) is 54.6 Å². The second-order valence-electron chi connectivity index (χ2n) is 9.70. The summed E-state index contributed by atoms with van der Waals surface area (Å²) in [7, 11) is -2.32. The van der Waals surface area contributed by atoms with Gasteiger partial charge in [-0.3, -0.25) is 9.59 Å². The molecule has 3 aromatic rings. The first kappa shape index (κ1) is 25.8. The summed E-state index contributed by atoms with van der Waals surface area (Å²) in [5, 5.41) is 2.81. The van der Waals surface area contributed by atoms with Crippen LogP contribution < -0.4 is 14.9 Å². The van der Waals surface area contributed by atoms with Gasteiger partial charge in [-0.1, -0.05) is 86.0 Å². The number of hydrogen-bond donors (Lipinski definition) is 2. The second-order valence-corrected chi connectivity index (χ2v) is 11.4. The lowest BCUT2D eigenvalue weighted by Gasteiger charge is -2.37. The molecule has 1 atom stereocenters. The molecule has 5 rings (SSSR count). The molecular weight excluding hydrogens is 500 g/mol. The van der Waals surface area contributed by atoms with Crippen LogP contribution in [0.1, 0.15) is 43.2 Å². The fraction of sp³-hybridized carbons (Fsp3) is 0.276. The fourth-order valence-electron chi connectivity index (χ4n) is 5.15. The lowest BCUT2D eigenvalue weighted by atomic mass is 9.82. The molecule has 1 aliphatic carbocycles. The largest absolute Gasteiger partial charge is 0.325 e. The number of hydrogen-bond acceptors (Lipinski definition) is 5. The quantitative estimate of drug-likeness (QED) is 0.507. The fourth-order valence-corrected chi connectivity index (χ4v) is 6.60. The molecule has 9 heteroatoms. The normalized spacial score (nSPS) is 19.2. The topological polar surface area (TPSA) is 108 Å². The summed E-state index contributed by atoms with van der Waals surface area (Å²) in [5.74, 6) is -0.959. The Morgan fingerprint density at radius 3 is 2.18 bits per heavy atom. The average molecular weight is 531 g/mol. The van der Waals surface area contributed by atoms with Crippen LogP contribution in [-0.4, -0.2) is 44.7 Å².